The molecular weight excluding hydrogens is 643 g/mol. The van der Waals surface area contributed by atoms with Crippen LogP contribution in [0.3, 0.4) is 0 Å². The second kappa shape index (κ2) is 15.9. The Morgan fingerprint density at radius 1 is 1.10 bits per heavy atom. The number of carboxylic acids is 1. The molecule has 3 aromatic rings. The molecule has 2 aromatic carbocycles. The number of rotatable bonds is 6. The van der Waals surface area contributed by atoms with Crippen LogP contribution in [0, 0.1) is 5.82 Å². The number of ether oxygens (including phenoxy) is 2. The standard InChI is InChI=1S/C15H15ClFN3O3S2.C8H6Cl2O3.K.H/c1-23-13(21)8-24-12-7-11(10(17)6-9(12)16)18-14-19-4-2-3-5-20(19)15(22)25-14;1-13-7-5(10)3-2-4(9)6(7)8(11)12;;/h6-7H,2-5,8H2,1H3;2-3H,1H3,(H,11,12);;/b18-14-;;;. The third-order valence-corrected chi connectivity index (χ3v) is 8.09. The van der Waals surface area contributed by atoms with E-state index in [4.69, 9.17) is 44.6 Å². The van der Waals surface area contributed by atoms with E-state index in [2.05, 4.69) is 9.73 Å². The van der Waals surface area contributed by atoms with E-state index >= 15 is 0 Å². The second-order valence-electron chi connectivity index (χ2n) is 7.56. The van der Waals surface area contributed by atoms with E-state index in [1.165, 1.54) is 32.4 Å². The fourth-order valence-corrected chi connectivity index (χ4v) is 5.81. The summed E-state index contributed by atoms with van der Waals surface area (Å²) >= 11 is 19.5. The quantitative estimate of drug-likeness (QED) is 0.228. The Kier molecular flexibility index (Phi) is 14.0. The summed E-state index contributed by atoms with van der Waals surface area (Å²) in [6.07, 6.45) is 1.90. The average molecular weight is 665 g/mol. The molecule has 0 fully saturated rings. The van der Waals surface area contributed by atoms with Crippen LogP contribution in [-0.4, -0.2) is 97.8 Å². The Labute approximate surface area is 288 Å². The molecule has 0 saturated carbocycles. The number of nitrogens with zero attached hydrogens (tertiary/aromatic N) is 3. The van der Waals surface area contributed by atoms with Gasteiger partial charge in [0, 0.05) is 18.0 Å². The first kappa shape index (κ1) is 34.3. The summed E-state index contributed by atoms with van der Waals surface area (Å²) in [4.78, 5) is 39.2. The number of carbonyl (C=O) groups is 2. The number of hydrogen-bond donors (Lipinski definition) is 1. The van der Waals surface area contributed by atoms with Gasteiger partial charge >= 0.3 is 68.2 Å². The van der Waals surface area contributed by atoms with Gasteiger partial charge in [0.1, 0.15) is 17.1 Å². The predicted molar refractivity (Wildman–Crippen MR) is 152 cm³/mol. The van der Waals surface area contributed by atoms with Gasteiger partial charge in [-0.2, -0.15) is 0 Å². The van der Waals surface area contributed by atoms with Crippen LogP contribution in [0.15, 0.2) is 38.9 Å². The fraction of sp³-hybridized carbons (Fsp3) is 0.304. The minimum absolute atomic E-state index is 0. The predicted octanol–water partition coefficient (Wildman–Crippen LogP) is 4.85. The molecule has 0 radical (unpaired) electrons. The number of carbonyl (C=O) groups excluding carboxylic acids is 1. The van der Waals surface area contributed by atoms with Crippen molar-refractivity contribution in [3.8, 4) is 5.75 Å². The van der Waals surface area contributed by atoms with Crippen LogP contribution in [0.1, 0.15) is 23.2 Å². The van der Waals surface area contributed by atoms with Crippen LogP contribution in [0.25, 0.3) is 0 Å². The molecule has 0 spiro atoms. The zero-order chi connectivity index (χ0) is 28.0. The molecular formula is C23H22Cl3FKN3O6S2. The SMILES string of the molecule is COC(=O)CSc1cc(/N=c2\sc(=O)n3n2CCCC3)c(F)cc1Cl.COc1c(Cl)ccc(Cl)c1C(=O)O.[KH]. The summed E-state index contributed by atoms with van der Waals surface area (Å²) in [5.41, 5.74) is -0.0313. The summed E-state index contributed by atoms with van der Waals surface area (Å²) < 4.78 is 27.1. The number of methoxy groups -OCH3 is 2. The number of esters is 1. The van der Waals surface area contributed by atoms with Gasteiger partial charge < -0.3 is 14.6 Å². The normalized spacial score (nSPS) is 12.5. The zero-order valence-corrected chi connectivity index (χ0v) is 23.9. The molecule has 206 valence electrons. The van der Waals surface area contributed by atoms with Gasteiger partial charge in [-0.05, 0) is 48.4 Å². The Hall–Kier alpha value is -0.874. The number of aromatic carboxylic acids is 1. The third-order valence-electron chi connectivity index (χ3n) is 5.16. The summed E-state index contributed by atoms with van der Waals surface area (Å²) in [6.45, 7) is 1.32. The van der Waals surface area contributed by atoms with Gasteiger partial charge in [-0.1, -0.05) is 34.8 Å². The van der Waals surface area contributed by atoms with Crippen molar-refractivity contribution in [3.05, 3.63) is 65.2 Å². The maximum atomic E-state index is 14.3. The number of aromatic nitrogens is 2. The minimum atomic E-state index is -1.16. The van der Waals surface area contributed by atoms with Crippen LogP contribution in [0.4, 0.5) is 10.1 Å². The molecule has 1 aromatic heterocycles. The first-order valence-corrected chi connectivity index (χ1v) is 13.8. The van der Waals surface area contributed by atoms with Crippen molar-refractivity contribution in [3.63, 3.8) is 0 Å². The molecule has 1 N–H and O–H groups in total. The first-order valence-electron chi connectivity index (χ1n) is 10.9. The third kappa shape index (κ3) is 8.81. The fourth-order valence-electron chi connectivity index (χ4n) is 3.36. The van der Waals surface area contributed by atoms with Crippen LogP contribution < -0.4 is 14.4 Å². The van der Waals surface area contributed by atoms with Crippen molar-refractivity contribution in [1.29, 1.82) is 0 Å². The molecule has 16 heteroatoms. The number of carboxylic acid groups (broad SMARTS) is 1. The van der Waals surface area contributed by atoms with Gasteiger partial charge in [-0.25, -0.2) is 18.9 Å². The summed E-state index contributed by atoms with van der Waals surface area (Å²) in [5.74, 6) is -2.00. The summed E-state index contributed by atoms with van der Waals surface area (Å²) in [5, 5.41) is 9.31. The average Bonchev–Trinajstić information content (AvgIpc) is 3.21. The molecule has 4 rings (SSSR count). The van der Waals surface area contributed by atoms with E-state index in [0.717, 1.165) is 42.0 Å². The van der Waals surface area contributed by atoms with Gasteiger partial charge in [0.25, 0.3) is 0 Å². The van der Waals surface area contributed by atoms with E-state index in [0.29, 0.717) is 22.8 Å². The topological polar surface area (TPSA) is 112 Å². The van der Waals surface area contributed by atoms with Gasteiger partial charge in [0.15, 0.2) is 5.75 Å². The maximum absolute atomic E-state index is 14.3. The summed E-state index contributed by atoms with van der Waals surface area (Å²) in [7, 11) is 2.63. The Balaban J connectivity index is 0.000000324. The van der Waals surface area contributed by atoms with Crippen molar-refractivity contribution in [1.82, 2.24) is 9.36 Å². The molecule has 9 nitrogen and oxygen atoms in total. The monoisotopic (exact) mass is 663 g/mol. The number of fused-ring (bicyclic) bond motifs is 1. The van der Waals surface area contributed by atoms with E-state index in [1.54, 1.807) is 9.36 Å². The Bertz CT molecular complexity index is 1490. The molecule has 0 saturated heterocycles. The van der Waals surface area contributed by atoms with Crippen molar-refractivity contribution in [2.24, 2.45) is 4.99 Å². The van der Waals surface area contributed by atoms with E-state index in [1.807, 2.05) is 0 Å². The Morgan fingerprint density at radius 3 is 2.33 bits per heavy atom. The molecule has 0 bridgehead atoms. The van der Waals surface area contributed by atoms with E-state index in [-0.39, 0.29) is 94.1 Å². The molecule has 0 aliphatic carbocycles. The number of thioether (sulfide) groups is 1. The molecule has 0 atom stereocenters. The van der Waals surface area contributed by atoms with Gasteiger partial charge in [-0.3, -0.25) is 14.3 Å². The van der Waals surface area contributed by atoms with Gasteiger partial charge in [0.2, 0.25) is 4.80 Å². The molecule has 39 heavy (non-hydrogen) atoms. The Morgan fingerprint density at radius 2 is 1.74 bits per heavy atom. The number of benzene rings is 2. The van der Waals surface area contributed by atoms with Crippen molar-refractivity contribution in [2.75, 3.05) is 20.0 Å². The molecule has 1 aliphatic heterocycles. The first-order chi connectivity index (χ1) is 18.1. The molecule has 0 amide bonds. The van der Waals surface area contributed by atoms with Crippen LogP contribution in [0.2, 0.25) is 15.1 Å². The van der Waals surface area contributed by atoms with Crippen LogP contribution in [0.5, 0.6) is 5.75 Å². The van der Waals surface area contributed by atoms with Gasteiger partial charge in [-0.15, -0.1) is 11.8 Å². The molecule has 1 aliphatic rings. The second-order valence-corrected chi connectivity index (χ2v) is 10.7. The van der Waals surface area contributed by atoms with Crippen LogP contribution >= 0.6 is 57.9 Å². The molecule has 2 heterocycles. The number of halogens is 4. The number of hydrogen-bond acceptors (Lipinski definition) is 8. The zero-order valence-electron chi connectivity index (χ0n) is 20.0. The van der Waals surface area contributed by atoms with Crippen molar-refractivity contribution in [2.45, 2.75) is 30.8 Å². The van der Waals surface area contributed by atoms with Crippen LogP contribution in [-0.2, 0) is 22.6 Å². The molecule has 0 unspecified atom stereocenters. The van der Waals surface area contributed by atoms with E-state index < -0.39 is 17.8 Å². The van der Waals surface area contributed by atoms with Crippen molar-refractivity contribution >= 4 is 127 Å². The van der Waals surface area contributed by atoms with Crippen molar-refractivity contribution < 1.29 is 28.6 Å². The van der Waals surface area contributed by atoms with E-state index in [9.17, 15) is 18.8 Å². The summed E-state index contributed by atoms with van der Waals surface area (Å²) in [6, 6.07) is 5.54. The van der Waals surface area contributed by atoms with Gasteiger partial charge in [0.05, 0.1) is 35.0 Å².